The first-order valence-corrected chi connectivity index (χ1v) is 5.25. The summed E-state index contributed by atoms with van der Waals surface area (Å²) in [6, 6.07) is 0. The van der Waals surface area contributed by atoms with Crippen LogP contribution in [-0.2, 0) is 0 Å². The third kappa shape index (κ3) is 0.900. The molecule has 0 radical (unpaired) electrons. The smallest absolute Gasteiger partial charge is 0.0237 e. The van der Waals surface area contributed by atoms with Crippen LogP contribution in [0.1, 0.15) is 0 Å². The Kier molecular flexibility index (Phi) is 1.47. The maximum Gasteiger partial charge on any atom is 0.0237 e. The van der Waals surface area contributed by atoms with E-state index in [0.29, 0.717) is 0 Å². The van der Waals surface area contributed by atoms with Crippen LogP contribution in [-0.4, -0.2) is 30.3 Å². The number of nitrogens with zero attached hydrogens (tertiary/aromatic N) is 1. The van der Waals surface area contributed by atoms with Crippen molar-refractivity contribution < 1.29 is 0 Å². The Morgan fingerprint density at radius 3 is 2.44 bits per heavy atom. The molecule has 0 amide bonds. The van der Waals surface area contributed by atoms with Gasteiger partial charge in [0, 0.05) is 18.3 Å². The molecule has 9 heavy (non-hydrogen) atoms. The zero-order valence-corrected chi connectivity index (χ0v) is 7.16. The van der Waals surface area contributed by atoms with Crippen molar-refractivity contribution >= 4 is 22.5 Å². The lowest BCUT2D eigenvalue weighted by Crippen LogP contribution is -2.19. The van der Waals surface area contributed by atoms with Crippen LogP contribution in [0, 0.1) is 11.8 Å². The van der Waals surface area contributed by atoms with Gasteiger partial charge in [-0.25, -0.2) is 0 Å². The number of likely N-dealkylation sites (tertiary alicyclic amines) is 1. The van der Waals surface area contributed by atoms with Gasteiger partial charge in [-0.2, -0.15) is 0 Å². The minimum atomic E-state index is 0.893. The predicted molar refractivity (Wildman–Crippen MR) is 44.8 cm³/mol. The molecular weight excluding hydrogens is 150 g/mol. The summed E-state index contributed by atoms with van der Waals surface area (Å²) in [5, 5.41) is 0.893. The van der Waals surface area contributed by atoms with Gasteiger partial charge in [0.15, 0.2) is 0 Å². The molecule has 0 aromatic carbocycles. The van der Waals surface area contributed by atoms with E-state index >= 15 is 0 Å². The Morgan fingerprint density at radius 1 is 1.44 bits per heavy atom. The Balaban J connectivity index is 1.91. The molecular formula is C6H11NS2. The lowest BCUT2D eigenvalue weighted by molar-refractivity contribution is 0.375. The highest BCUT2D eigenvalue weighted by molar-refractivity contribution is 8.69. The number of hydrogen-bond donors (Lipinski definition) is 1. The highest BCUT2D eigenvalue weighted by Crippen LogP contribution is 2.53. The molecule has 0 N–H and O–H groups in total. The summed E-state index contributed by atoms with van der Waals surface area (Å²) in [7, 11) is 3.95. The predicted octanol–water partition coefficient (Wildman–Crippen LogP) is 1.12. The lowest BCUT2D eigenvalue weighted by Gasteiger charge is -2.10. The summed E-state index contributed by atoms with van der Waals surface area (Å²) in [5.41, 5.74) is 0. The minimum absolute atomic E-state index is 0.893. The summed E-state index contributed by atoms with van der Waals surface area (Å²) >= 11 is 4.21. The molecule has 2 atom stereocenters. The fourth-order valence-electron chi connectivity index (χ4n) is 1.84. The van der Waals surface area contributed by atoms with Crippen molar-refractivity contribution in [1.29, 1.82) is 0 Å². The molecule has 1 nitrogen and oxygen atoms in total. The Hall–Kier alpha value is 0.660. The number of hydrogen-bond acceptors (Lipinski definition) is 3. The van der Waals surface area contributed by atoms with Gasteiger partial charge in [-0.1, -0.05) is 10.8 Å². The summed E-state index contributed by atoms with van der Waals surface area (Å²) in [6.07, 6.45) is 0. The third-order valence-corrected chi connectivity index (χ3v) is 4.09. The topological polar surface area (TPSA) is 3.24 Å². The van der Waals surface area contributed by atoms with Crippen LogP contribution in [0.2, 0.25) is 0 Å². The van der Waals surface area contributed by atoms with Crippen LogP contribution < -0.4 is 0 Å². The standard InChI is InChI=1S/C6H11NS2/c1-7-2-4-5(3-7)6(4)9-8/h4-6,8H,2-3H2,1H3. The molecule has 1 saturated carbocycles. The molecule has 2 unspecified atom stereocenters. The van der Waals surface area contributed by atoms with Gasteiger partial charge in [0.2, 0.25) is 0 Å². The van der Waals surface area contributed by atoms with Crippen molar-refractivity contribution in [3.8, 4) is 0 Å². The number of thiol groups is 1. The Morgan fingerprint density at radius 2 is 2.00 bits per heavy atom. The normalized spacial score (nSPS) is 49.3. The van der Waals surface area contributed by atoms with Gasteiger partial charge in [0.25, 0.3) is 0 Å². The zero-order valence-electron chi connectivity index (χ0n) is 5.45. The molecule has 2 aliphatic rings. The maximum absolute atomic E-state index is 4.21. The van der Waals surface area contributed by atoms with E-state index in [-0.39, 0.29) is 0 Å². The molecule has 0 aromatic heterocycles. The van der Waals surface area contributed by atoms with Crippen molar-refractivity contribution in [3.05, 3.63) is 0 Å². The van der Waals surface area contributed by atoms with Crippen molar-refractivity contribution in [2.45, 2.75) is 5.25 Å². The second kappa shape index (κ2) is 2.07. The second-order valence-electron chi connectivity index (χ2n) is 3.12. The first kappa shape index (κ1) is 6.38. The van der Waals surface area contributed by atoms with Gasteiger partial charge in [-0.15, -0.1) is 11.7 Å². The van der Waals surface area contributed by atoms with Crippen molar-refractivity contribution in [2.24, 2.45) is 11.8 Å². The fourth-order valence-corrected chi connectivity index (χ4v) is 3.57. The van der Waals surface area contributed by atoms with E-state index in [2.05, 4.69) is 23.6 Å². The van der Waals surface area contributed by atoms with Crippen LogP contribution in [0.3, 0.4) is 0 Å². The SMILES string of the molecule is CN1CC2C(C1)C2SS. The van der Waals surface area contributed by atoms with Crippen molar-refractivity contribution in [3.63, 3.8) is 0 Å². The molecule has 2 fully saturated rings. The van der Waals surface area contributed by atoms with E-state index < -0.39 is 0 Å². The molecule has 1 saturated heterocycles. The maximum atomic E-state index is 4.21. The molecule has 1 heterocycles. The molecule has 3 heteroatoms. The average molecular weight is 161 g/mol. The quantitative estimate of drug-likeness (QED) is 0.453. The van der Waals surface area contributed by atoms with Gasteiger partial charge < -0.3 is 4.90 Å². The Bertz CT molecular complexity index is 116. The van der Waals surface area contributed by atoms with Crippen molar-refractivity contribution in [1.82, 2.24) is 4.90 Å². The van der Waals surface area contributed by atoms with E-state index in [1.54, 1.807) is 10.8 Å². The molecule has 2 rings (SSSR count). The lowest BCUT2D eigenvalue weighted by atomic mass is 10.4. The van der Waals surface area contributed by atoms with Gasteiger partial charge >= 0.3 is 0 Å². The molecule has 1 aliphatic heterocycles. The van der Waals surface area contributed by atoms with Gasteiger partial charge in [-0.05, 0) is 18.9 Å². The van der Waals surface area contributed by atoms with Crippen LogP contribution in [0.15, 0.2) is 0 Å². The number of rotatable bonds is 1. The van der Waals surface area contributed by atoms with Gasteiger partial charge in [-0.3, -0.25) is 0 Å². The number of fused-ring (bicyclic) bond motifs is 1. The van der Waals surface area contributed by atoms with Gasteiger partial charge in [0.1, 0.15) is 0 Å². The van der Waals surface area contributed by atoms with Crippen LogP contribution in [0.4, 0.5) is 0 Å². The van der Waals surface area contributed by atoms with E-state index in [9.17, 15) is 0 Å². The van der Waals surface area contributed by atoms with Crippen LogP contribution in [0.5, 0.6) is 0 Å². The summed E-state index contributed by atoms with van der Waals surface area (Å²) < 4.78 is 0. The molecule has 1 aliphatic carbocycles. The van der Waals surface area contributed by atoms with Crippen molar-refractivity contribution in [2.75, 3.05) is 20.1 Å². The monoisotopic (exact) mass is 161 g/mol. The second-order valence-corrected chi connectivity index (χ2v) is 4.51. The summed E-state index contributed by atoms with van der Waals surface area (Å²) in [6.45, 7) is 2.62. The number of piperidine rings is 1. The van der Waals surface area contributed by atoms with E-state index in [1.165, 1.54) is 13.1 Å². The Labute approximate surface area is 65.0 Å². The van der Waals surface area contributed by atoms with Gasteiger partial charge in [0.05, 0.1) is 0 Å². The average Bonchev–Trinajstić information content (AvgIpc) is 2.30. The zero-order chi connectivity index (χ0) is 6.43. The molecule has 52 valence electrons. The minimum Gasteiger partial charge on any atom is -0.306 e. The largest absolute Gasteiger partial charge is 0.306 e. The first-order valence-electron chi connectivity index (χ1n) is 3.31. The van der Waals surface area contributed by atoms with E-state index in [4.69, 9.17) is 0 Å². The van der Waals surface area contributed by atoms with Crippen LogP contribution >= 0.6 is 22.5 Å². The first-order chi connectivity index (χ1) is 4.33. The molecule has 0 bridgehead atoms. The highest BCUT2D eigenvalue weighted by atomic mass is 33.1. The van der Waals surface area contributed by atoms with E-state index in [0.717, 1.165) is 17.1 Å². The van der Waals surface area contributed by atoms with E-state index in [1.807, 2.05) is 0 Å². The van der Waals surface area contributed by atoms with Crippen LogP contribution in [0.25, 0.3) is 0 Å². The summed E-state index contributed by atoms with van der Waals surface area (Å²) in [4.78, 5) is 2.41. The highest BCUT2D eigenvalue weighted by Gasteiger charge is 2.54. The summed E-state index contributed by atoms with van der Waals surface area (Å²) in [5.74, 6) is 1.97. The fraction of sp³-hybridized carbons (Fsp3) is 1.00. The molecule has 0 aromatic rings. The molecule has 0 spiro atoms. The third-order valence-electron chi connectivity index (χ3n) is 2.42.